The molecule has 6 aromatic carbocycles. The highest BCUT2D eigenvalue weighted by Crippen LogP contribution is 2.36. The Morgan fingerprint density at radius 3 is 1.38 bits per heavy atom. The lowest BCUT2D eigenvalue weighted by molar-refractivity contribution is 0.563. The summed E-state index contributed by atoms with van der Waals surface area (Å²) in [6, 6.07) is 37.0. The molecule has 9 aromatic rings. The highest BCUT2D eigenvalue weighted by atomic mass is 16.4. The van der Waals surface area contributed by atoms with Gasteiger partial charge in [-0.25, -0.2) is 9.59 Å². The van der Waals surface area contributed by atoms with Gasteiger partial charge in [-0.15, -0.1) is 0 Å². The van der Waals surface area contributed by atoms with E-state index >= 15 is 0 Å². The van der Waals surface area contributed by atoms with Crippen molar-refractivity contribution >= 4 is 65.3 Å². The molecule has 3 heterocycles. The minimum atomic E-state index is -0.373. The molecule has 0 aliphatic carbocycles. The van der Waals surface area contributed by atoms with Crippen molar-refractivity contribution in [2.75, 3.05) is 0 Å². The van der Waals surface area contributed by atoms with Gasteiger partial charge in [0, 0.05) is 39.6 Å². The highest BCUT2D eigenvalue weighted by molar-refractivity contribution is 6.12. The monoisotopic (exact) mass is 653 g/mol. The third kappa shape index (κ3) is 4.76. The largest absolute Gasteiger partial charge is 0.422 e. The fourth-order valence-electron chi connectivity index (χ4n) is 7.80. The van der Waals surface area contributed by atoms with Gasteiger partial charge in [0.1, 0.15) is 11.2 Å². The first kappa shape index (κ1) is 30.1. The Bertz CT molecular complexity index is 2760. The number of hydrogen-bond acceptors (Lipinski definition) is 4. The molecule has 3 aromatic heterocycles. The van der Waals surface area contributed by atoms with E-state index in [0.29, 0.717) is 22.3 Å². The molecule has 0 atom stereocenters. The average Bonchev–Trinajstić information content (AvgIpc) is 3.41. The van der Waals surface area contributed by atoms with Crippen LogP contribution in [0.2, 0.25) is 0 Å². The van der Waals surface area contributed by atoms with Crippen molar-refractivity contribution in [1.82, 2.24) is 4.57 Å². The molecule has 0 saturated carbocycles. The van der Waals surface area contributed by atoms with Gasteiger partial charge in [0.15, 0.2) is 0 Å². The van der Waals surface area contributed by atoms with Crippen LogP contribution in [0, 0.1) is 0 Å². The highest BCUT2D eigenvalue weighted by Gasteiger charge is 2.17. The molecule has 0 spiro atoms. The maximum absolute atomic E-state index is 13.4. The summed E-state index contributed by atoms with van der Waals surface area (Å²) in [7, 11) is 2.04. The van der Waals surface area contributed by atoms with Gasteiger partial charge in [0.05, 0.1) is 11.1 Å². The van der Waals surface area contributed by atoms with E-state index in [1.54, 1.807) is 0 Å². The number of nitrogens with zero attached hydrogens (tertiary/aromatic N) is 1. The summed E-state index contributed by atoms with van der Waals surface area (Å²) in [6.07, 6.45) is 4.22. The van der Waals surface area contributed by atoms with Gasteiger partial charge in [0.25, 0.3) is 0 Å². The number of aryl methyl sites for hydroxylation is 3. The van der Waals surface area contributed by atoms with Crippen LogP contribution >= 0.6 is 0 Å². The van der Waals surface area contributed by atoms with Gasteiger partial charge in [-0.05, 0) is 105 Å². The predicted octanol–water partition coefficient (Wildman–Crippen LogP) is 11.1. The molecule has 0 N–H and O–H groups in total. The first-order valence-corrected chi connectivity index (χ1v) is 17.4. The molecule has 0 unspecified atom stereocenters. The first-order chi connectivity index (χ1) is 24.4. The molecule has 0 amide bonds. The second-order valence-electron chi connectivity index (χ2n) is 13.5. The molecule has 50 heavy (non-hydrogen) atoms. The normalized spacial score (nSPS) is 12.0. The quantitative estimate of drug-likeness (QED) is 0.132. The Kier molecular flexibility index (Phi) is 6.99. The van der Waals surface area contributed by atoms with Gasteiger partial charge in [0.2, 0.25) is 0 Å². The van der Waals surface area contributed by atoms with E-state index in [0.717, 1.165) is 90.9 Å². The van der Waals surface area contributed by atoms with Gasteiger partial charge >= 0.3 is 11.3 Å². The molecular weight excluding hydrogens is 618 g/mol. The van der Waals surface area contributed by atoms with Crippen molar-refractivity contribution in [3.8, 4) is 22.3 Å². The van der Waals surface area contributed by atoms with Crippen LogP contribution in [-0.2, 0) is 19.9 Å². The summed E-state index contributed by atoms with van der Waals surface area (Å²) in [4.78, 5) is 26.8. The van der Waals surface area contributed by atoms with Crippen LogP contribution in [0.3, 0.4) is 0 Å². The van der Waals surface area contributed by atoms with Crippen molar-refractivity contribution in [1.29, 1.82) is 0 Å². The van der Waals surface area contributed by atoms with Crippen LogP contribution in [0.5, 0.6) is 0 Å². The number of fused-ring (bicyclic) bond motifs is 9. The molecule has 0 aliphatic rings. The lowest BCUT2D eigenvalue weighted by Crippen LogP contribution is -2.03. The summed E-state index contributed by atoms with van der Waals surface area (Å²) in [5, 5.41) is 8.19. The molecular formula is C45H35NO4. The number of hydrogen-bond donors (Lipinski definition) is 0. The van der Waals surface area contributed by atoms with Gasteiger partial charge in [-0.2, -0.15) is 0 Å². The summed E-state index contributed by atoms with van der Waals surface area (Å²) in [5.74, 6) is 0. The second kappa shape index (κ2) is 11.6. The summed E-state index contributed by atoms with van der Waals surface area (Å²) >= 11 is 0. The second-order valence-corrected chi connectivity index (χ2v) is 13.5. The maximum atomic E-state index is 13.4. The van der Waals surface area contributed by atoms with Crippen LogP contribution < -0.4 is 11.3 Å². The number of rotatable bonds is 6. The zero-order valence-electron chi connectivity index (χ0n) is 28.3. The SMILES string of the molecule is CCCc1ccc2c(ccc3oc(=O)c(-c4ccc5c(c4)c4cc(-c6cc7c(ccc8cc(CCC)ccc87)oc6=O)ccc4n5C)cc32)c1. The topological polar surface area (TPSA) is 65.3 Å². The third-order valence-electron chi connectivity index (χ3n) is 10.3. The zero-order chi connectivity index (χ0) is 34.1. The third-order valence-corrected chi connectivity index (χ3v) is 10.3. The van der Waals surface area contributed by atoms with Gasteiger partial charge < -0.3 is 13.4 Å². The van der Waals surface area contributed by atoms with E-state index in [9.17, 15) is 9.59 Å². The molecule has 0 fully saturated rings. The lowest BCUT2D eigenvalue weighted by atomic mass is 9.97. The van der Waals surface area contributed by atoms with E-state index < -0.39 is 0 Å². The minimum absolute atomic E-state index is 0.373. The van der Waals surface area contributed by atoms with E-state index in [-0.39, 0.29) is 11.3 Å². The van der Waals surface area contributed by atoms with Crippen LogP contribution in [0.1, 0.15) is 37.8 Å². The van der Waals surface area contributed by atoms with Crippen molar-refractivity contribution < 1.29 is 8.83 Å². The number of aromatic nitrogens is 1. The molecule has 9 rings (SSSR count). The van der Waals surface area contributed by atoms with E-state index in [4.69, 9.17) is 8.83 Å². The zero-order valence-corrected chi connectivity index (χ0v) is 28.3. The summed E-state index contributed by atoms with van der Waals surface area (Å²) in [5.41, 5.74) is 7.66. The van der Waals surface area contributed by atoms with Gasteiger partial charge in [-0.1, -0.05) is 87.4 Å². The lowest BCUT2D eigenvalue weighted by Gasteiger charge is -2.08. The van der Waals surface area contributed by atoms with Gasteiger partial charge in [-0.3, -0.25) is 0 Å². The summed E-state index contributed by atoms with van der Waals surface area (Å²) in [6.45, 7) is 4.37. The van der Waals surface area contributed by atoms with Crippen molar-refractivity contribution in [3.63, 3.8) is 0 Å². The predicted molar refractivity (Wildman–Crippen MR) is 206 cm³/mol. The van der Waals surface area contributed by atoms with Crippen LogP contribution in [0.4, 0.5) is 0 Å². The molecule has 0 radical (unpaired) electrons. The van der Waals surface area contributed by atoms with Crippen LogP contribution in [0.15, 0.2) is 128 Å². The molecule has 0 saturated heterocycles. The van der Waals surface area contributed by atoms with Crippen molar-refractivity contribution in [2.24, 2.45) is 7.05 Å². The molecule has 0 bridgehead atoms. The molecule has 244 valence electrons. The summed E-state index contributed by atoms with van der Waals surface area (Å²) < 4.78 is 14.0. The van der Waals surface area contributed by atoms with Crippen LogP contribution in [-0.4, -0.2) is 4.57 Å². The fraction of sp³-hybridized carbons (Fsp3) is 0.156. The Labute approximate surface area is 288 Å². The minimum Gasteiger partial charge on any atom is -0.422 e. The number of benzene rings is 6. The standard InChI is InChI=1S/C45H35NO4/c1-4-6-26-8-14-32-28(20-26)12-18-42-38(32)24-34(44(47)49-42)30-10-16-40-36(22-30)37-23-31(11-17-41(37)46(40)3)35-25-39-33-15-9-27(7-5-2)21-29(33)13-19-43(39)50-45(35)48/h8-25H,4-7H2,1-3H3. The Morgan fingerprint density at radius 2 is 0.940 bits per heavy atom. The van der Waals surface area contributed by atoms with Crippen molar-refractivity contribution in [2.45, 2.75) is 39.5 Å². The molecule has 5 nitrogen and oxygen atoms in total. The van der Waals surface area contributed by atoms with Crippen molar-refractivity contribution in [3.05, 3.63) is 141 Å². The van der Waals surface area contributed by atoms with Crippen LogP contribution in [0.25, 0.3) is 87.5 Å². The average molecular weight is 654 g/mol. The molecule has 5 heteroatoms. The first-order valence-electron chi connectivity index (χ1n) is 17.4. The van der Waals surface area contributed by atoms with E-state index in [2.05, 4.69) is 79.1 Å². The fourth-order valence-corrected chi connectivity index (χ4v) is 7.80. The molecule has 0 aliphatic heterocycles. The Balaban J connectivity index is 1.20. The maximum Gasteiger partial charge on any atom is 0.344 e. The Hall–Kier alpha value is -5.94. The smallest absolute Gasteiger partial charge is 0.344 e. The Morgan fingerprint density at radius 1 is 0.480 bits per heavy atom. The van der Waals surface area contributed by atoms with E-state index in [1.807, 2.05) is 55.6 Å². The van der Waals surface area contributed by atoms with E-state index in [1.165, 1.54) is 11.1 Å².